The second-order valence-electron chi connectivity index (χ2n) is 8.72. The summed E-state index contributed by atoms with van der Waals surface area (Å²) in [6.45, 7) is 3.99. The number of aliphatic imine (C=N–C) groups is 1. The third kappa shape index (κ3) is 6.03. The van der Waals surface area contributed by atoms with Crippen molar-refractivity contribution in [2.75, 3.05) is 18.6 Å². The Kier molecular flexibility index (Phi) is 7.98. The van der Waals surface area contributed by atoms with Crippen molar-refractivity contribution in [2.24, 2.45) is 4.99 Å². The second-order valence-corrected chi connectivity index (χ2v) is 8.72. The molecule has 4 rings (SSSR count). The van der Waals surface area contributed by atoms with Crippen molar-refractivity contribution in [1.82, 2.24) is 10.6 Å². The van der Waals surface area contributed by atoms with E-state index in [1.165, 1.54) is 4.90 Å². The van der Waals surface area contributed by atoms with Crippen molar-refractivity contribution in [3.05, 3.63) is 95.6 Å². The first-order valence-corrected chi connectivity index (χ1v) is 12.2. The number of para-hydroxylation sites is 1. The molecule has 1 aliphatic rings. The lowest BCUT2D eigenvalue weighted by Crippen LogP contribution is -2.52. The number of benzodiazepines with no additional fused rings is 1. The van der Waals surface area contributed by atoms with Gasteiger partial charge in [0.25, 0.3) is 5.91 Å². The van der Waals surface area contributed by atoms with Crippen molar-refractivity contribution >= 4 is 29.1 Å². The summed E-state index contributed by atoms with van der Waals surface area (Å²) in [4.78, 5) is 45.1. The molecule has 0 bridgehead atoms. The lowest BCUT2D eigenvalue weighted by molar-refractivity contribution is -0.130. The molecule has 3 aromatic carbocycles. The molecule has 3 aromatic rings. The van der Waals surface area contributed by atoms with Gasteiger partial charge in [0.1, 0.15) is 11.8 Å². The first kappa shape index (κ1) is 25.6. The second kappa shape index (κ2) is 11.5. The normalized spacial score (nSPS) is 15.6. The van der Waals surface area contributed by atoms with Crippen LogP contribution in [-0.2, 0) is 20.8 Å². The molecule has 0 saturated heterocycles. The Morgan fingerprint density at radius 3 is 2.51 bits per heavy atom. The van der Waals surface area contributed by atoms with Gasteiger partial charge in [-0.2, -0.15) is 0 Å². The van der Waals surface area contributed by atoms with Crippen LogP contribution in [0.2, 0.25) is 0 Å². The van der Waals surface area contributed by atoms with E-state index >= 15 is 0 Å². The smallest absolute Gasteiger partial charge is 0.272 e. The highest BCUT2D eigenvalue weighted by atomic mass is 16.5. The first-order valence-electron chi connectivity index (χ1n) is 12.2. The largest absolute Gasteiger partial charge is 0.494 e. The Morgan fingerprint density at radius 1 is 1.03 bits per heavy atom. The molecule has 8 nitrogen and oxygen atoms in total. The van der Waals surface area contributed by atoms with Gasteiger partial charge in [0.2, 0.25) is 18.0 Å². The summed E-state index contributed by atoms with van der Waals surface area (Å²) >= 11 is 0. The van der Waals surface area contributed by atoms with Crippen LogP contribution in [0.1, 0.15) is 30.5 Å². The van der Waals surface area contributed by atoms with Crippen LogP contribution >= 0.6 is 0 Å². The topological polar surface area (TPSA) is 100 Å². The Labute approximate surface area is 216 Å². The van der Waals surface area contributed by atoms with Crippen LogP contribution in [-0.4, -0.2) is 49.3 Å². The Morgan fingerprint density at radius 2 is 1.76 bits per heavy atom. The minimum Gasteiger partial charge on any atom is -0.494 e. The molecule has 190 valence electrons. The SMILES string of the molecule is CCOc1cccc(CC(=O)N[C@@H](C)C(=O)N[C@H]2N=C(c3ccccc3)c3ccccc3N(C)C2=O)c1. The van der Waals surface area contributed by atoms with E-state index in [-0.39, 0.29) is 18.2 Å². The van der Waals surface area contributed by atoms with Crippen LogP contribution in [0.15, 0.2) is 83.9 Å². The van der Waals surface area contributed by atoms with Gasteiger partial charge in [-0.1, -0.05) is 60.7 Å². The predicted molar refractivity (Wildman–Crippen MR) is 143 cm³/mol. The molecule has 0 fully saturated rings. The van der Waals surface area contributed by atoms with Crippen LogP contribution in [0.25, 0.3) is 0 Å². The lowest BCUT2D eigenvalue weighted by Gasteiger charge is -2.22. The first-order chi connectivity index (χ1) is 17.9. The van der Waals surface area contributed by atoms with E-state index in [1.54, 1.807) is 20.0 Å². The van der Waals surface area contributed by atoms with Crippen molar-refractivity contribution in [1.29, 1.82) is 0 Å². The van der Waals surface area contributed by atoms with Crippen molar-refractivity contribution in [2.45, 2.75) is 32.5 Å². The van der Waals surface area contributed by atoms with Gasteiger partial charge in [-0.05, 0) is 37.6 Å². The molecule has 1 aliphatic heterocycles. The molecule has 1 heterocycles. The van der Waals surface area contributed by atoms with E-state index in [0.29, 0.717) is 23.8 Å². The molecule has 2 N–H and O–H groups in total. The molecule has 8 heteroatoms. The molecular formula is C29H30N4O4. The number of rotatable bonds is 8. The Balaban J connectivity index is 1.50. The number of nitrogens with zero attached hydrogens (tertiary/aromatic N) is 2. The third-order valence-corrected chi connectivity index (χ3v) is 6.01. The molecule has 3 amide bonds. The fourth-order valence-corrected chi connectivity index (χ4v) is 4.16. The summed E-state index contributed by atoms with van der Waals surface area (Å²) < 4.78 is 5.48. The predicted octanol–water partition coefficient (Wildman–Crippen LogP) is 3.09. The number of carbonyl (C=O) groups is 3. The molecule has 0 radical (unpaired) electrons. The number of ether oxygens (including phenoxy) is 1. The van der Waals surface area contributed by atoms with E-state index in [1.807, 2.05) is 79.7 Å². The number of amides is 3. The van der Waals surface area contributed by atoms with E-state index in [2.05, 4.69) is 15.6 Å². The summed E-state index contributed by atoms with van der Waals surface area (Å²) in [5.41, 5.74) is 3.68. The number of fused-ring (bicyclic) bond motifs is 1. The third-order valence-electron chi connectivity index (χ3n) is 6.01. The quantitative estimate of drug-likeness (QED) is 0.499. The number of hydrogen-bond acceptors (Lipinski definition) is 5. The summed E-state index contributed by atoms with van der Waals surface area (Å²) in [5.74, 6) is -0.521. The number of nitrogens with one attached hydrogen (secondary N) is 2. The number of carbonyl (C=O) groups excluding carboxylic acids is 3. The number of hydrogen-bond donors (Lipinski definition) is 2. The molecule has 0 aromatic heterocycles. The Hall–Kier alpha value is -4.46. The molecule has 2 atom stereocenters. The van der Waals surface area contributed by atoms with Gasteiger partial charge in [0.15, 0.2) is 0 Å². The number of likely N-dealkylation sites (N-methyl/N-ethyl adjacent to an activating group) is 1. The van der Waals surface area contributed by atoms with Crippen molar-refractivity contribution in [3.8, 4) is 5.75 Å². The molecule has 0 saturated carbocycles. The van der Waals surface area contributed by atoms with Crippen LogP contribution in [0.3, 0.4) is 0 Å². The van der Waals surface area contributed by atoms with Gasteiger partial charge in [-0.3, -0.25) is 14.4 Å². The number of anilines is 1. The maximum atomic E-state index is 13.3. The summed E-state index contributed by atoms with van der Waals surface area (Å²) in [7, 11) is 1.66. The van der Waals surface area contributed by atoms with Crippen LogP contribution in [0.5, 0.6) is 5.75 Å². The zero-order chi connectivity index (χ0) is 26.4. The van der Waals surface area contributed by atoms with E-state index < -0.39 is 18.1 Å². The monoisotopic (exact) mass is 498 g/mol. The molecular weight excluding hydrogens is 468 g/mol. The van der Waals surface area contributed by atoms with E-state index in [9.17, 15) is 14.4 Å². The Bertz CT molecular complexity index is 1320. The van der Waals surface area contributed by atoms with Crippen LogP contribution in [0, 0.1) is 0 Å². The van der Waals surface area contributed by atoms with E-state index in [0.717, 1.165) is 16.7 Å². The maximum Gasteiger partial charge on any atom is 0.272 e. The van der Waals surface area contributed by atoms with Crippen LogP contribution in [0.4, 0.5) is 5.69 Å². The number of benzene rings is 3. The van der Waals surface area contributed by atoms with Gasteiger partial charge in [0, 0.05) is 18.2 Å². The molecule has 37 heavy (non-hydrogen) atoms. The zero-order valence-electron chi connectivity index (χ0n) is 21.1. The highest BCUT2D eigenvalue weighted by Gasteiger charge is 2.32. The molecule has 0 aliphatic carbocycles. The summed E-state index contributed by atoms with van der Waals surface area (Å²) in [6.07, 6.45) is -1.06. The minimum atomic E-state index is -1.15. The van der Waals surface area contributed by atoms with E-state index in [4.69, 9.17) is 4.74 Å². The molecule has 0 spiro atoms. The zero-order valence-corrected chi connectivity index (χ0v) is 21.1. The summed E-state index contributed by atoms with van der Waals surface area (Å²) in [6, 6.07) is 23.4. The van der Waals surface area contributed by atoms with Gasteiger partial charge in [-0.15, -0.1) is 0 Å². The average Bonchev–Trinajstić information content (AvgIpc) is 3.00. The minimum absolute atomic E-state index is 0.0925. The summed E-state index contributed by atoms with van der Waals surface area (Å²) in [5, 5.41) is 5.42. The van der Waals surface area contributed by atoms with Crippen molar-refractivity contribution < 1.29 is 19.1 Å². The molecule has 0 unspecified atom stereocenters. The highest BCUT2D eigenvalue weighted by molar-refractivity contribution is 6.20. The van der Waals surface area contributed by atoms with Gasteiger partial charge < -0.3 is 20.3 Å². The van der Waals surface area contributed by atoms with Gasteiger partial charge in [-0.25, -0.2) is 4.99 Å². The fourth-order valence-electron chi connectivity index (χ4n) is 4.16. The van der Waals surface area contributed by atoms with Crippen LogP contribution < -0.4 is 20.3 Å². The maximum absolute atomic E-state index is 13.3. The van der Waals surface area contributed by atoms with Gasteiger partial charge >= 0.3 is 0 Å². The highest BCUT2D eigenvalue weighted by Crippen LogP contribution is 2.27. The van der Waals surface area contributed by atoms with Crippen molar-refractivity contribution in [3.63, 3.8) is 0 Å². The average molecular weight is 499 g/mol. The standard InChI is InChI=1S/C29H30N4O4/c1-4-37-22-14-10-11-20(17-22)18-25(34)30-19(2)28(35)32-27-29(36)33(3)24-16-9-8-15-23(24)26(31-27)21-12-6-5-7-13-21/h5-17,19,27H,4,18H2,1-3H3,(H,30,34)(H,32,35)/t19-,27+/m0/s1. The fraction of sp³-hybridized carbons (Fsp3) is 0.241. The van der Waals surface area contributed by atoms with Gasteiger partial charge in [0.05, 0.1) is 24.4 Å². The lowest BCUT2D eigenvalue weighted by atomic mass is 10.0.